The molecule has 0 saturated carbocycles. The molecule has 0 heterocycles. The molecule has 0 fully saturated rings. The van der Waals surface area contributed by atoms with Gasteiger partial charge in [-0.3, -0.25) is 0 Å². The van der Waals surface area contributed by atoms with Crippen molar-refractivity contribution < 1.29 is 9.47 Å². The van der Waals surface area contributed by atoms with Crippen LogP contribution in [-0.2, 0) is 4.74 Å². The Bertz CT molecular complexity index is 342. The van der Waals surface area contributed by atoms with E-state index in [4.69, 9.17) is 15.2 Å². The molecule has 1 unspecified atom stereocenters. The van der Waals surface area contributed by atoms with Gasteiger partial charge in [-0.2, -0.15) is 0 Å². The largest absolute Gasteiger partial charge is 0.496 e. The first-order valence-electron chi connectivity index (χ1n) is 5.79. The van der Waals surface area contributed by atoms with E-state index in [9.17, 15) is 0 Å². The molecular weight excluding hydrogens is 216 g/mol. The lowest BCUT2D eigenvalue weighted by molar-refractivity contribution is 0.196. The van der Waals surface area contributed by atoms with Gasteiger partial charge in [-0.1, -0.05) is 12.1 Å². The molecular formula is C13H22N2O2. The van der Waals surface area contributed by atoms with E-state index in [1.165, 1.54) is 5.56 Å². The fourth-order valence-electron chi connectivity index (χ4n) is 1.79. The number of rotatable bonds is 7. The fourth-order valence-corrected chi connectivity index (χ4v) is 1.79. The topological polar surface area (TPSA) is 56.5 Å². The molecule has 0 saturated heterocycles. The molecule has 0 aromatic heterocycles. The van der Waals surface area contributed by atoms with Gasteiger partial charge in [-0.05, 0) is 24.1 Å². The summed E-state index contributed by atoms with van der Waals surface area (Å²) in [5, 5.41) is 3.36. The highest BCUT2D eigenvalue weighted by Crippen LogP contribution is 2.22. The Labute approximate surface area is 103 Å². The minimum atomic E-state index is 0.162. The van der Waals surface area contributed by atoms with Gasteiger partial charge in [0.2, 0.25) is 0 Å². The molecule has 0 amide bonds. The molecule has 4 nitrogen and oxygen atoms in total. The number of methoxy groups -OCH3 is 2. The van der Waals surface area contributed by atoms with Crippen LogP contribution in [0.15, 0.2) is 18.2 Å². The van der Waals surface area contributed by atoms with Gasteiger partial charge in [-0.25, -0.2) is 0 Å². The van der Waals surface area contributed by atoms with Crippen molar-refractivity contribution in [1.82, 2.24) is 5.32 Å². The quantitative estimate of drug-likeness (QED) is 0.702. The first-order valence-corrected chi connectivity index (χ1v) is 5.79. The van der Waals surface area contributed by atoms with Gasteiger partial charge in [0.1, 0.15) is 5.75 Å². The van der Waals surface area contributed by atoms with Crippen molar-refractivity contribution in [3.63, 3.8) is 0 Å². The van der Waals surface area contributed by atoms with Crippen LogP contribution in [0, 0.1) is 6.92 Å². The Morgan fingerprint density at radius 1 is 1.35 bits per heavy atom. The van der Waals surface area contributed by atoms with E-state index in [2.05, 4.69) is 11.4 Å². The zero-order valence-electron chi connectivity index (χ0n) is 10.8. The summed E-state index contributed by atoms with van der Waals surface area (Å²) in [6, 6.07) is 6.29. The third kappa shape index (κ3) is 4.00. The molecule has 0 aliphatic carbocycles. The minimum absolute atomic E-state index is 0.162. The Morgan fingerprint density at radius 3 is 2.65 bits per heavy atom. The summed E-state index contributed by atoms with van der Waals surface area (Å²) in [6.45, 7) is 4.08. The number of aryl methyl sites for hydroxylation is 1. The highest BCUT2D eigenvalue weighted by molar-refractivity contribution is 5.37. The summed E-state index contributed by atoms with van der Waals surface area (Å²) in [7, 11) is 3.37. The number of nitrogens with one attached hydrogen (secondary N) is 1. The van der Waals surface area contributed by atoms with Crippen LogP contribution in [-0.4, -0.2) is 33.9 Å². The third-order valence-electron chi connectivity index (χ3n) is 2.75. The Hall–Kier alpha value is -1.10. The zero-order valence-corrected chi connectivity index (χ0v) is 10.8. The molecule has 0 aliphatic rings. The van der Waals surface area contributed by atoms with Gasteiger partial charge in [0.15, 0.2) is 0 Å². The van der Waals surface area contributed by atoms with Gasteiger partial charge in [-0.15, -0.1) is 0 Å². The number of benzene rings is 1. The van der Waals surface area contributed by atoms with Gasteiger partial charge in [0.25, 0.3) is 0 Å². The number of nitrogens with two attached hydrogens (primary N) is 1. The zero-order chi connectivity index (χ0) is 12.7. The van der Waals surface area contributed by atoms with Crippen LogP contribution in [0.5, 0.6) is 5.75 Å². The van der Waals surface area contributed by atoms with Gasteiger partial charge < -0.3 is 20.5 Å². The van der Waals surface area contributed by atoms with Crippen molar-refractivity contribution in [2.45, 2.75) is 13.0 Å². The predicted octanol–water partition coefficient (Wildman–Crippen LogP) is 1.24. The van der Waals surface area contributed by atoms with Crippen LogP contribution in [0.25, 0.3) is 0 Å². The summed E-state index contributed by atoms with van der Waals surface area (Å²) in [4.78, 5) is 0. The van der Waals surface area contributed by atoms with Crippen molar-refractivity contribution in [3.8, 4) is 5.75 Å². The number of hydrogen-bond acceptors (Lipinski definition) is 4. The average Bonchev–Trinajstić information content (AvgIpc) is 2.35. The molecule has 3 N–H and O–H groups in total. The van der Waals surface area contributed by atoms with Crippen LogP contribution in [0.2, 0.25) is 0 Å². The molecule has 0 aliphatic heterocycles. The summed E-state index contributed by atoms with van der Waals surface area (Å²) in [5.41, 5.74) is 8.08. The fraction of sp³-hybridized carbons (Fsp3) is 0.538. The summed E-state index contributed by atoms with van der Waals surface area (Å²) < 4.78 is 10.2. The smallest absolute Gasteiger partial charge is 0.121 e. The van der Waals surface area contributed by atoms with Crippen molar-refractivity contribution in [3.05, 3.63) is 29.3 Å². The van der Waals surface area contributed by atoms with E-state index in [1.54, 1.807) is 14.2 Å². The Balaban J connectivity index is 2.71. The standard InChI is InChI=1S/C13H22N2O2/c1-10-8-11(4-5-13(10)17-3)12(9-14)15-6-7-16-2/h4-5,8,12,15H,6-7,9,14H2,1-3H3. The van der Waals surface area contributed by atoms with E-state index in [-0.39, 0.29) is 6.04 Å². The summed E-state index contributed by atoms with van der Waals surface area (Å²) >= 11 is 0. The van der Waals surface area contributed by atoms with Crippen LogP contribution >= 0.6 is 0 Å². The van der Waals surface area contributed by atoms with Crippen LogP contribution in [0.3, 0.4) is 0 Å². The third-order valence-corrected chi connectivity index (χ3v) is 2.75. The van der Waals surface area contributed by atoms with Crippen LogP contribution in [0.4, 0.5) is 0 Å². The highest BCUT2D eigenvalue weighted by Gasteiger charge is 2.10. The second kappa shape index (κ2) is 7.27. The lowest BCUT2D eigenvalue weighted by Gasteiger charge is -2.18. The molecule has 1 aromatic rings. The van der Waals surface area contributed by atoms with E-state index in [0.717, 1.165) is 17.9 Å². The maximum Gasteiger partial charge on any atom is 0.121 e. The second-order valence-electron chi connectivity index (χ2n) is 3.96. The SMILES string of the molecule is COCCNC(CN)c1ccc(OC)c(C)c1. The first-order chi connectivity index (χ1) is 8.22. The van der Waals surface area contributed by atoms with Gasteiger partial charge in [0, 0.05) is 26.2 Å². The molecule has 1 aromatic carbocycles. The van der Waals surface area contributed by atoms with Gasteiger partial charge >= 0.3 is 0 Å². The molecule has 4 heteroatoms. The molecule has 96 valence electrons. The summed E-state index contributed by atoms with van der Waals surface area (Å²) in [5.74, 6) is 0.904. The van der Waals surface area contributed by atoms with E-state index in [1.807, 2.05) is 19.1 Å². The molecule has 1 atom stereocenters. The molecule has 1 rings (SSSR count). The Morgan fingerprint density at radius 2 is 2.12 bits per heavy atom. The van der Waals surface area contributed by atoms with Crippen molar-refractivity contribution >= 4 is 0 Å². The Kier molecular flexibility index (Phi) is 5.97. The maximum absolute atomic E-state index is 5.77. The van der Waals surface area contributed by atoms with Crippen molar-refractivity contribution in [2.75, 3.05) is 33.9 Å². The lowest BCUT2D eigenvalue weighted by Crippen LogP contribution is -2.30. The van der Waals surface area contributed by atoms with Crippen LogP contribution in [0.1, 0.15) is 17.2 Å². The number of hydrogen-bond donors (Lipinski definition) is 2. The van der Waals surface area contributed by atoms with E-state index in [0.29, 0.717) is 13.2 Å². The van der Waals surface area contributed by atoms with Gasteiger partial charge in [0.05, 0.1) is 13.7 Å². The number of ether oxygens (including phenoxy) is 2. The predicted molar refractivity (Wildman–Crippen MR) is 69.4 cm³/mol. The van der Waals surface area contributed by atoms with Crippen LogP contribution < -0.4 is 15.8 Å². The second-order valence-corrected chi connectivity index (χ2v) is 3.96. The summed E-state index contributed by atoms with van der Waals surface area (Å²) in [6.07, 6.45) is 0. The lowest BCUT2D eigenvalue weighted by atomic mass is 10.0. The van der Waals surface area contributed by atoms with Crippen molar-refractivity contribution in [2.24, 2.45) is 5.73 Å². The monoisotopic (exact) mass is 238 g/mol. The maximum atomic E-state index is 5.77. The molecule has 0 spiro atoms. The normalized spacial score (nSPS) is 12.5. The highest BCUT2D eigenvalue weighted by atomic mass is 16.5. The molecule has 0 radical (unpaired) electrons. The average molecular weight is 238 g/mol. The van der Waals surface area contributed by atoms with E-state index >= 15 is 0 Å². The first kappa shape index (κ1) is 14.0. The molecule has 17 heavy (non-hydrogen) atoms. The minimum Gasteiger partial charge on any atom is -0.496 e. The molecule has 0 bridgehead atoms. The van der Waals surface area contributed by atoms with Crippen molar-refractivity contribution in [1.29, 1.82) is 0 Å². The van der Waals surface area contributed by atoms with E-state index < -0.39 is 0 Å².